The molecular weight excluding hydrogens is 596 g/mol. The summed E-state index contributed by atoms with van der Waals surface area (Å²) in [5, 5.41) is 59.0. The van der Waals surface area contributed by atoms with Crippen LogP contribution in [-0.4, -0.2) is 67.7 Å². The molecule has 11 heteroatoms. The topological polar surface area (TPSA) is 188 Å². The third-order valence-corrected chi connectivity index (χ3v) is 10.5. The molecule has 0 saturated heterocycles. The number of esters is 1. The number of benzene rings is 2. The molecule has 0 spiro atoms. The van der Waals surface area contributed by atoms with E-state index in [4.69, 9.17) is 9.47 Å². The van der Waals surface area contributed by atoms with Crippen molar-refractivity contribution in [3.63, 3.8) is 0 Å². The first-order chi connectivity index (χ1) is 21.4. The molecule has 0 fully saturated rings. The normalized spacial score (nSPS) is 30.5. The predicted octanol–water partition coefficient (Wildman–Crippen LogP) is 4.04. The summed E-state index contributed by atoms with van der Waals surface area (Å²) < 4.78 is 10.5. The molecule has 0 bridgehead atoms. The van der Waals surface area contributed by atoms with Crippen LogP contribution >= 0.6 is 0 Å². The zero-order valence-corrected chi connectivity index (χ0v) is 26.7. The van der Waals surface area contributed by atoms with Crippen molar-refractivity contribution in [3.05, 3.63) is 75.8 Å². The van der Waals surface area contributed by atoms with Crippen LogP contribution in [0.4, 0.5) is 0 Å². The quantitative estimate of drug-likeness (QED) is 0.175. The number of carbonyl (C=O) groups excluding carboxylic acids is 4. The molecule has 3 aliphatic carbocycles. The molecule has 0 aliphatic heterocycles. The fourth-order valence-electron chi connectivity index (χ4n) is 8.09. The molecule has 5 rings (SSSR count). The number of Topliss-reactive ketones (excluding diaryl/α,β-unsaturated/α-hetero) is 3. The number of fused-ring (bicyclic) bond motifs is 3. The number of hydrogen-bond donors (Lipinski definition) is 5. The van der Waals surface area contributed by atoms with Gasteiger partial charge in [-0.3, -0.25) is 19.2 Å². The van der Waals surface area contributed by atoms with Crippen LogP contribution in [0.2, 0.25) is 0 Å². The first-order valence-electron chi connectivity index (χ1n) is 15.0. The molecule has 244 valence electrons. The Morgan fingerprint density at radius 1 is 0.978 bits per heavy atom. The van der Waals surface area contributed by atoms with Crippen molar-refractivity contribution in [2.75, 3.05) is 7.11 Å². The van der Waals surface area contributed by atoms with Crippen molar-refractivity contribution in [1.82, 2.24) is 0 Å². The molecule has 0 saturated carbocycles. The Morgan fingerprint density at radius 3 is 2.11 bits per heavy atom. The van der Waals surface area contributed by atoms with Crippen LogP contribution in [-0.2, 0) is 20.8 Å². The van der Waals surface area contributed by atoms with Crippen LogP contribution in [0.5, 0.6) is 17.2 Å². The van der Waals surface area contributed by atoms with Crippen LogP contribution in [0, 0.1) is 22.7 Å². The lowest BCUT2D eigenvalue weighted by atomic mass is 9.41. The smallest absolute Gasteiger partial charge is 0.315 e. The lowest BCUT2D eigenvalue weighted by Crippen LogP contribution is -2.73. The van der Waals surface area contributed by atoms with Crippen LogP contribution in [0.15, 0.2) is 59.1 Å². The van der Waals surface area contributed by atoms with Gasteiger partial charge in [0, 0.05) is 22.3 Å². The van der Waals surface area contributed by atoms with Crippen LogP contribution in [0.1, 0.15) is 68.9 Å². The van der Waals surface area contributed by atoms with Gasteiger partial charge in [-0.25, -0.2) is 0 Å². The van der Waals surface area contributed by atoms with Crippen LogP contribution in [0.3, 0.4) is 0 Å². The van der Waals surface area contributed by atoms with Gasteiger partial charge in [0.05, 0.1) is 30.8 Å². The van der Waals surface area contributed by atoms with Gasteiger partial charge in [-0.05, 0) is 48.6 Å². The fraction of sp³-hybridized carbons (Fsp3) is 0.429. The highest BCUT2D eigenvalue weighted by Gasteiger charge is 2.76. The van der Waals surface area contributed by atoms with Gasteiger partial charge in [0.25, 0.3) is 0 Å². The second kappa shape index (κ2) is 10.8. The number of carbonyl (C=O) groups is 4. The molecule has 46 heavy (non-hydrogen) atoms. The summed E-state index contributed by atoms with van der Waals surface area (Å²) in [5.74, 6) is -7.86. The van der Waals surface area contributed by atoms with Crippen LogP contribution < -0.4 is 9.47 Å². The number of methoxy groups -OCH3 is 1. The number of aliphatic hydroxyl groups is 4. The SMILES string of the molecule is COc1ccc(OC(=O)Cc2ccc3c(c2O)C(=O)C2=C(O)[C@@]4(O)C(=O)C(C(C)=O)=C(O)C(C(C)C)[C@@]4(C)[C@H](O)[C@@]2(C)[C@@H]3C)cc1. The molecule has 0 aromatic heterocycles. The number of ketones is 3. The maximum atomic E-state index is 14.3. The molecule has 2 aromatic carbocycles. The summed E-state index contributed by atoms with van der Waals surface area (Å²) in [4.78, 5) is 53.6. The Labute approximate surface area is 265 Å². The van der Waals surface area contributed by atoms with Gasteiger partial charge in [0.15, 0.2) is 17.2 Å². The van der Waals surface area contributed by atoms with Gasteiger partial charge in [-0.2, -0.15) is 0 Å². The number of aromatic hydroxyl groups is 1. The Hall–Kier alpha value is -4.48. The number of phenols is 1. The third kappa shape index (κ3) is 4.10. The van der Waals surface area contributed by atoms with E-state index < -0.39 is 98.4 Å². The number of ether oxygens (including phenoxy) is 2. The maximum Gasteiger partial charge on any atom is 0.315 e. The highest BCUT2D eigenvalue weighted by molar-refractivity contribution is 6.25. The van der Waals surface area contributed by atoms with Crippen molar-refractivity contribution in [2.24, 2.45) is 22.7 Å². The summed E-state index contributed by atoms with van der Waals surface area (Å²) in [5.41, 5.74) is -7.77. The highest BCUT2D eigenvalue weighted by Crippen LogP contribution is 2.67. The van der Waals surface area contributed by atoms with Gasteiger partial charge in [-0.1, -0.05) is 46.8 Å². The zero-order valence-electron chi connectivity index (χ0n) is 26.7. The van der Waals surface area contributed by atoms with E-state index in [9.17, 15) is 44.7 Å². The maximum absolute atomic E-state index is 14.3. The summed E-state index contributed by atoms with van der Waals surface area (Å²) in [6.45, 7) is 8.92. The second-order valence-corrected chi connectivity index (χ2v) is 13.2. The Kier molecular flexibility index (Phi) is 7.73. The standard InChI is InChI=1S/C35H38O11/c1-15(2)25-28(39)23(17(4)36)30(41)35(44)31(42)26-29(40)24-21(16(3)33(26,5)32(43)34(25,35)6)13-8-18(27(24)38)14-22(37)46-20-11-9-19(45-7)10-12-20/h8-13,15-16,25,32,38-39,42-44H,14H2,1-7H3/t16-,25?,32-,33+,34+,35+/m1/s1. The van der Waals surface area contributed by atoms with E-state index in [1.165, 1.54) is 39.2 Å². The molecular formula is C35H38O11. The summed E-state index contributed by atoms with van der Waals surface area (Å²) in [6, 6.07) is 9.27. The first kappa shape index (κ1) is 32.9. The summed E-state index contributed by atoms with van der Waals surface area (Å²) in [6.07, 6.45) is -2.16. The molecule has 2 aromatic rings. The molecule has 0 radical (unpaired) electrons. The molecule has 6 atom stereocenters. The van der Waals surface area contributed by atoms with Crippen molar-refractivity contribution >= 4 is 23.3 Å². The Balaban J connectivity index is 1.65. The molecule has 0 heterocycles. The van der Waals surface area contributed by atoms with E-state index in [2.05, 4.69) is 0 Å². The number of rotatable bonds is 6. The molecule has 5 N–H and O–H groups in total. The molecule has 1 unspecified atom stereocenters. The summed E-state index contributed by atoms with van der Waals surface area (Å²) in [7, 11) is 1.49. The number of allylic oxidation sites excluding steroid dienone is 1. The first-order valence-corrected chi connectivity index (χ1v) is 15.0. The minimum Gasteiger partial charge on any atom is -0.511 e. The zero-order chi connectivity index (χ0) is 34.3. The average molecular weight is 635 g/mol. The second-order valence-electron chi connectivity index (χ2n) is 13.2. The lowest BCUT2D eigenvalue weighted by Gasteiger charge is -2.63. The van der Waals surface area contributed by atoms with E-state index in [0.717, 1.165) is 6.92 Å². The van der Waals surface area contributed by atoms with E-state index in [1.54, 1.807) is 39.0 Å². The minimum atomic E-state index is -2.98. The van der Waals surface area contributed by atoms with Gasteiger partial charge < -0.3 is 35.0 Å². The van der Waals surface area contributed by atoms with Gasteiger partial charge in [0.2, 0.25) is 5.78 Å². The fourth-order valence-corrected chi connectivity index (χ4v) is 8.09. The molecule has 3 aliphatic rings. The third-order valence-electron chi connectivity index (χ3n) is 10.5. The molecule has 0 amide bonds. The summed E-state index contributed by atoms with van der Waals surface area (Å²) >= 11 is 0. The van der Waals surface area contributed by atoms with Crippen molar-refractivity contribution in [3.8, 4) is 17.2 Å². The van der Waals surface area contributed by atoms with Gasteiger partial charge in [0.1, 0.15) is 34.3 Å². The van der Waals surface area contributed by atoms with E-state index in [1.807, 2.05) is 0 Å². The number of hydrogen-bond acceptors (Lipinski definition) is 11. The van der Waals surface area contributed by atoms with Crippen LogP contribution in [0.25, 0.3) is 0 Å². The van der Waals surface area contributed by atoms with Crippen molar-refractivity contribution < 1.29 is 54.2 Å². The van der Waals surface area contributed by atoms with Crippen molar-refractivity contribution in [2.45, 2.75) is 65.6 Å². The Bertz CT molecular complexity index is 1750. The van der Waals surface area contributed by atoms with Gasteiger partial charge >= 0.3 is 5.97 Å². The van der Waals surface area contributed by atoms with E-state index in [-0.39, 0.29) is 16.9 Å². The predicted molar refractivity (Wildman–Crippen MR) is 164 cm³/mol. The van der Waals surface area contributed by atoms with Gasteiger partial charge in [-0.15, -0.1) is 0 Å². The van der Waals surface area contributed by atoms with E-state index >= 15 is 0 Å². The highest BCUT2D eigenvalue weighted by atomic mass is 16.5. The van der Waals surface area contributed by atoms with Crippen molar-refractivity contribution in [1.29, 1.82) is 0 Å². The monoisotopic (exact) mass is 634 g/mol. The van der Waals surface area contributed by atoms with E-state index in [0.29, 0.717) is 11.3 Å². The largest absolute Gasteiger partial charge is 0.511 e. The number of phenolic OH excluding ortho intramolecular Hbond substituents is 1. The lowest BCUT2D eigenvalue weighted by molar-refractivity contribution is -0.211. The Morgan fingerprint density at radius 2 is 1.57 bits per heavy atom. The number of aliphatic hydroxyl groups excluding tert-OH is 3. The minimum absolute atomic E-state index is 0.0433. The average Bonchev–Trinajstić information content (AvgIpc) is 2.98. The molecule has 11 nitrogen and oxygen atoms in total.